The molecule has 0 aliphatic carbocycles. The second kappa shape index (κ2) is 7.09. The van der Waals surface area contributed by atoms with Crippen LogP contribution in [0, 0.1) is 6.92 Å². The number of para-hydroxylation sites is 1. The number of rotatable bonds is 6. The van der Waals surface area contributed by atoms with E-state index in [1.165, 1.54) is 0 Å². The minimum absolute atomic E-state index is 0.113. The summed E-state index contributed by atoms with van der Waals surface area (Å²) in [5, 5.41) is 0. The van der Waals surface area contributed by atoms with Gasteiger partial charge in [-0.15, -0.1) is 0 Å². The van der Waals surface area contributed by atoms with Crippen LogP contribution in [0.3, 0.4) is 0 Å². The van der Waals surface area contributed by atoms with E-state index >= 15 is 0 Å². The molecule has 0 saturated heterocycles. The lowest BCUT2D eigenvalue weighted by Crippen LogP contribution is -2.33. The average Bonchev–Trinajstić information content (AvgIpc) is 2.98. The fraction of sp³-hybridized carbons (Fsp3) is 0.353. The minimum Gasteiger partial charge on any atom is -0.456 e. The highest BCUT2D eigenvalue weighted by Gasteiger charge is 2.21. The predicted octanol–water partition coefficient (Wildman–Crippen LogP) is 3.15. The molecule has 0 unspecified atom stereocenters. The van der Waals surface area contributed by atoms with E-state index in [0.29, 0.717) is 18.8 Å². The van der Waals surface area contributed by atoms with Gasteiger partial charge >= 0.3 is 0 Å². The Labute approximate surface area is 125 Å². The summed E-state index contributed by atoms with van der Waals surface area (Å²) in [6, 6.07) is 11.4. The molecule has 1 aromatic carbocycles. The molecule has 4 heteroatoms. The van der Waals surface area contributed by atoms with Gasteiger partial charge in [0, 0.05) is 18.7 Å². The summed E-state index contributed by atoms with van der Waals surface area (Å²) < 4.78 is 5.59. The summed E-state index contributed by atoms with van der Waals surface area (Å²) in [5.41, 5.74) is 7.56. The molecule has 1 amide bonds. The standard InChI is InChI=1S/C17H22N2O2/c1-3-14-9-10-16(21-14)17(20)19(12-6-11-18)15-8-5-4-7-13(15)2/h4-5,7-10H,3,6,11-12,18H2,1-2H3. The summed E-state index contributed by atoms with van der Waals surface area (Å²) in [4.78, 5) is 14.5. The summed E-state index contributed by atoms with van der Waals surface area (Å²) >= 11 is 0. The Morgan fingerprint density at radius 1 is 1.24 bits per heavy atom. The van der Waals surface area contributed by atoms with Crippen LogP contribution in [-0.4, -0.2) is 19.0 Å². The molecule has 1 aromatic heterocycles. The van der Waals surface area contributed by atoms with Crippen LogP contribution in [0.5, 0.6) is 0 Å². The third-order valence-corrected chi connectivity index (χ3v) is 3.46. The largest absolute Gasteiger partial charge is 0.456 e. The van der Waals surface area contributed by atoms with Crippen LogP contribution in [0.2, 0.25) is 0 Å². The van der Waals surface area contributed by atoms with Gasteiger partial charge in [-0.2, -0.15) is 0 Å². The molecule has 1 heterocycles. The number of anilines is 1. The Hall–Kier alpha value is -2.07. The summed E-state index contributed by atoms with van der Waals surface area (Å²) in [7, 11) is 0. The number of aryl methyl sites for hydroxylation is 2. The third kappa shape index (κ3) is 3.52. The highest BCUT2D eigenvalue weighted by Crippen LogP contribution is 2.22. The van der Waals surface area contributed by atoms with Crippen molar-refractivity contribution >= 4 is 11.6 Å². The molecule has 0 atom stereocenters. The van der Waals surface area contributed by atoms with Gasteiger partial charge in [-0.3, -0.25) is 4.79 Å². The molecule has 0 spiro atoms. The first-order chi connectivity index (χ1) is 10.2. The normalized spacial score (nSPS) is 10.6. The highest BCUT2D eigenvalue weighted by molar-refractivity contribution is 6.04. The first kappa shape index (κ1) is 15.3. The van der Waals surface area contributed by atoms with E-state index in [2.05, 4.69) is 0 Å². The van der Waals surface area contributed by atoms with Gasteiger partial charge in [0.2, 0.25) is 0 Å². The maximum atomic E-state index is 12.7. The van der Waals surface area contributed by atoms with Crippen LogP contribution in [0.15, 0.2) is 40.8 Å². The first-order valence-corrected chi connectivity index (χ1v) is 7.33. The van der Waals surface area contributed by atoms with E-state index in [-0.39, 0.29) is 5.91 Å². The summed E-state index contributed by atoms with van der Waals surface area (Å²) in [6.45, 7) is 5.13. The fourth-order valence-electron chi connectivity index (χ4n) is 2.26. The van der Waals surface area contributed by atoms with Gasteiger partial charge in [0.1, 0.15) is 5.76 Å². The van der Waals surface area contributed by atoms with Crippen molar-refractivity contribution in [3.63, 3.8) is 0 Å². The lowest BCUT2D eigenvalue weighted by atomic mass is 10.1. The molecule has 2 aromatic rings. The molecule has 0 bridgehead atoms. The van der Waals surface area contributed by atoms with E-state index in [0.717, 1.165) is 29.9 Å². The molecule has 0 fully saturated rings. The van der Waals surface area contributed by atoms with Gasteiger partial charge in [-0.1, -0.05) is 25.1 Å². The number of carbonyl (C=O) groups is 1. The lowest BCUT2D eigenvalue weighted by molar-refractivity contribution is 0.0958. The number of nitrogens with zero attached hydrogens (tertiary/aromatic N) is 1. The molecule has 2 N–H and O–H groups in total. The summed E-state index contributed by atoms with van der Waals surface area (Å²) in [6.07, 6.45) is 1.53. The van der Waals surface area contributed by atoms with E-state index in [4.69, 9.17) is 10.2 Å². The number of amides is 1. The van der Waals surface area contributed by atoms with Crippen molar-refractivity contribution in [1.29, 1.82) is 0 Å². The van der Waals surface area contributed by atoms with Gasteiger partial charge in [0.05, 0.1) is 0 Å². The Morgan fingerprint density at radius 3 is 2.62 bits per heavy atom. The van der Waals surface area contributed by atoms with E-state index < -0.39 is 0 Å². The van der Waals surface area contributed by atoms with Gasteiger partial charge in [0.25, 0.3) is 5.91 Å². The van der Waals surface area contributed by atoms with Crippen LogP contribution in [0.1, 0.15) is 35.2 Å². The smallest absolute Gasteiger partial charge is 0.293 e. The van der Waals surface area contributed by atoms with Crippen molar-refractivity contribution in [3.05, 3.63) is 53.5 Å². The Morgan fingerprint density at radius 2 is 2.00 bits per heavy atom. The zero-order valence-corrected chi connectivity index (χ0v) is 12.6. The molecule has 21 heavy (non-hydrogen) atoms. The van der Waals surface area contributed by atoms with Crippen LogP contribution in [0.4, 0.5) is 5.69 Å². The number of furan rings is 1. The Balaban J connectivity index is 2.31. The van der Waals surface area contributed by atoms with Crippen LogP contribution < -0.4 is 10.6 Å². The lowest BCUT2D eigenvalue weighted by Gasteiger charge is -2.23. The van der Waals surface area contributed by atoms with E-state index in [9.17, 15) is 4.79 Å². The molecular formula is C17H22N2O2. The Bertz CT molecular complexity index is 604. The van der Waals surface area contributed by atoms with Gasteiger partial charge in [0.15, 0.2) is 5.76 Å². The van der Waals surface area contributed by atoms with Crippen molar-refractivity contribution < 1.29 is 9.21 Å². The van der Waals surface area contributed by atoms with Gasteiger partial charge in [-0.25, -0.2) is 0 Å². The Kier molecular flexibility index (Phi) is 5.17. The molecule has 0 radical (unpaired) electrons. The molecular weight excluding hydrogens is 264 g/mol. The number of hydrogen-bond acceptors (Lipinski definition) is 3. The molecule has 0 aliphatic heterocycles. The highest BCUT2D eigenvalue weighted by atomic mass is 16.4. The van der Waals surface area contributed by atoms with Crippen molar-refractivity contribution in [2.24, 2.45) is 5.73 Å². The zero-order chi connectivity index (χ0) is 15.2. The molecule has 2 rings (SSSR count). The monoisotopic (exact) mass is 286 g/mol. The third-order valence-electron chi connectivity index (χ3n) is 3.46. The molecule has 0 saturated carbocycles. The number of benzene rings is 1. The summed E-state index contributed by atoms with van der Waals surface area (Å²) in [5.74, 6) is 1.09. The van der Waals surface area contributed by atoms with Gasteiger partial charge in [-0.05, 0) is 43.7 Å². The van der Waals surface area contributed by atoms with Crippen molar-refractivity contribution in [3.8, 4) is 0 Å². The second-order valence-corrected chi connectivity index (χ2v) is 5.01. The topological polar surface area (TPSA) is 59.5 Å². The SMILES string of the molecule is CCc1ccc(C(=O)N(CCCN)c2ccccc2C)o1. The number of carbonyl (C=O) groups excluding carboxylic acids is 1. The zero-order valence-electron chi connectivity index (χ0n) is 12.6. The van der Waals surface area contributed by atoms with Crippen molar-refractivity contribution in [2.75, 3.05) is 18.0 Å². The maximum Gasteiger partial charge on any atom is 0.293 e. The molecule has 4 nitrogen and oxygen atoms in total. The maximum absolute atomic E-state index is 12.7. The average molecular weight is 286 g/mol. The fourth-order valence-corrected chi connectivity index (χ4v) is 2.26. The van der Waals surface area contributed by atoms with Crippen molar-refractivity contribution in [2.45, 2.75) is 26.7 Å². The van der Waals surface area contributed by atoms with E-state index in [1.54, 1.807) is 11.0 Å². The van der Waals surface area contributed by atoms with Crippen molar-refractivity contribution in [1.82, 2.24) is 0 Å². The van der Waals surface area contributed by atoms with Crippen LogP contribution in [-0.2, 0) is 6.42 Å². The number of nitrogens with two attached hydrogens (primary N) is 1. The predicted molar refractivity (Wildman–Crippen MR) is 84.6 cm³/mol. The van der Waals surface area contributed by atoms with Crippen LogP contribution in [0.25, 0.3) is 0 Å². The quantitative estimate of drug-likeness (QED) is 0.887. The first-order valence-electron chi connectivity index (χ1n) is 7.33. The van der Waals surface area contributed by atoms with E-state index in [1.807, 2.05) is 44.2 Å². The molecule has 0 aliphatic rings. The second-order valence-electron chi connectivity index (χ2n) is 5.01. The van der Waals surface area contributed by atoms with Crippen LogP contribution >= 0.6 is 0 Å². The minimum atomic E-state index is -0.113. The number of hydrogen-bond donors (Lipinski definition) is 1. The molecule has 112 valence electrons. The van der Waals surface area contributed by atoms with Gasteiger partial charge < -0.3 is 15.1 Å².